The first kappa shape index (κ1) is 11.6. The van der Waals surface area contributed by atoms with Crippen molar-refractivity contribution in [3.8, 4) is 0 Å². The van der Waals surface area contributed by atoms with Crippen LogP contribution in [-0.4, -0.2) is 40.0 Å². The standard InChI is InChI=1S/C13H13N5O/c19-13(10-1-3-14-4-2-10)17-11-8-18(9-11)12-7-15-5-6-16-12/h1-7,11H,8-9H2,(H,17,19). The average molecular weight is 255 g/mol. The molecule has 1 aliphatic rings. The highest BCUT2D eigenvalue weighted by Gasteiger charge is 2.29. The minimum atomic E-state index is -0.0637. The quantitative estimate of drug-likeness (QED) is 0.864. The number of carbonyl (C=O) groups is 1. The van der Waals surface area contributed by atoms with Gasteiger partial charge in [-0.2, -0.15) is 0 Å². The van der Waals surface area contributed by atoms with Gasteiger partial charge in [-0.25, -0.2) is 4.98 Å². The molecule has 2 aromatic rings. The molecule has 1 saturated heterocycles. The van der Waals surface area contributed by atoms with Gasteiger partial charge in [0.1, 0.15) is 5.82 Å². The Balaban J connectivity index is 1.54. The number of aromatic nitrogens is 3. The molecule has 96 valence electrons. The molecule has 6 nitrogen and oxygen atoms in total. The molecule has 3 rings (SSSR count). The highest BCUT2D eigenvalue weighted by atomic mass is 16.1. The summed E-state index contributed by atoms with van der Waals surface area (Å²) in [6.07, 6.45) is 8.26. The Morgan fingerprint density at radius 3 is 2.63 bits per heavy atom. The van der Waals surface area contributed by atoms with Crippen molar-refractivity contribution < 1.29 is 4.79 Å². The van der Waals surface area contributed by atoms with Gasteiger partial charge in [-0.3, -0.25) is 14.8 Å². The van der Waals surface area contributed by atoms with Gasteiger partial charge >= 0.3 is 0 Å². The number of carbonyl (C=O) groups excluding carboxylic acids is 1. The van der Waals surface area contributed by atoms with Crippen molar-refractivity contribution in [2.45, 2.75) is 6.04 Å². The van der Waals surface area contributed by atoms with Crippen LogP contribution in [0.2, 0.25) is 0 Å². The van der Waals surface area contributed by atoms with Gasteiger partial charge in [-0.1, -0.05) is 0 Å². The Morgan fingerprint density at radius 2 is 1.95 bits per heavy atom. The summed E-state index contributed by atoms with van der Waals surface area (Å²) in [6.45, 7) is 1.52. The Kier molecular flexibility index (Phi) is 3.06. The fraction of sp³-hybridized carbons (Fsp3) is 0.231. The van der Waals surface area contributed by atoms with E-state index in [0.29, 0.717) is 5.56 Å². The van der Waals surface area contributed by atoms with Crippen LogP contribution in [0.5, 0.6) is 0 Å². The Labute approximate surface area is 110 Å². The van der Waals surface area contributed by atoms with Gasteiger partial charge in [0.05, 0.1) is 12.2 Å². The summed E-state index contributed by atoms with van der Waals surface area (Å²) in [6, 6.07) is 3.56. The molecular formula is C13H13N5O. The molecule has 2 aromatic heterocycles. The van der Waals surface area contributed by atoms with Crippen LogP contribution in [0.25, 0.3) is 0 Å². The maximum absolute atomic E-state index is 11.9. The van der Waals surface area contributed by atoms with Crippen LogP contribution in [0, 0.1) is 0 Å². The van der Waals surface area contributed by atoms with Crippen LogP contribution in [-0.2, 0) is 0 Å². The van der Waals surface area contributed by atoms with Crippen molar-refractivity contribution in [1.82, 2.24) is 20.3 Å². The minimum Gasteiger partial charge on any atom is -0.351 e. The molecule has 1 amide bonds. The first-order valence-electron chi connectivity index (χ1n) is 6.05. The largest absolute Gasteiger partial charge is 0.351 e. The fourth-order valence-corrected chi connectivity index (χ4v) is 1.98. The molecule has 6 heteroatoms. The second-order valence-electron chi connectivity index (χ2n) is 4.37. The summed E-state index contributed by atoms with van der Waals surface area (Å²) in [5.41, 5.74) is 0.632. The Bertz CT molecular complexity index is 554. The summed E-state index contributed by atoms with van der Waals surface area (Å²) in [5, 5.41) is 2.98. The molecule has 0 unspecified atom stereocenters. The van der Waals surface area contributed by atoms with E-state index in [0.717, 1.165) is 18.9 Å². The van der Waals surface area contributed by atoms with E-state index in [1.54, 1.807) is 43.1 Å². The van der Waals surface area contributed by atoms with E-state index in [9.17, 15) is 4.79 Å². The Hall–Kier alpha value is -2.50. The normalized spacial score (nSPS) is 14.8. The number of amides is 1. The van der Waals surface area contributed by atoms with Gasteiger partial charge in [0.2, 0.25) is 0 Å². The molecule has 0 aromatic carbocycles. The molecule has 0 spiro atoms. The van der Waals surface area contributed by atoms with Gasteiger partial charge in [-0.05, 0) is 12.1 Å². The first-order chi connectivity index (χ1) is 9.33. The number of nitrogens with one attached hydrogen (secondary N) is 1. The van der Waals surface area contributed by atoms with Crippen LogP contribution in [0.1, 0.15) is 10.4 Å². The van der Waals surface area contributed by atoms with Crippen LogP contribution in [0.3, 0.4) is 0 Å². The maximum Gasteiger partial charge on any atom is 0.251 e. The molecular weight excluding hydrogens is 242 g/mol. The number of anilines is 1. The van der Waals surface area contributed by atoms with Gasteiger partial charge in [-0.15, -0.1) is 0 Å². The number of rotatable bonds is 3. The van der Waals surface area contributed by atoms with Gasteiger partial charge in [0, 0.05) is 43.4 Å². The summed E-state index contributed by atoms with van der Waals surface area (Å²) < 4.78 is 0. The molecule has 0 atom stereocenters. The number of nitrogens with zero attached hydrogens (tertiary/aromatic N) is 4. The van der Waals surface area contributed by atoms with Crippen molar-refractivity contribution in [2.24, 2.45) is 0 Å². The van der Waals surface area contributed by atoms with Crippen molar-refractivity contribution >= 4 is 11.7 Å². The van der Waals surface area contributed by atoms with Gasteiger partial charge in [0.25, 0.3) is 5.91 Å². The van der Waals surface area contributed by atoms with Gasteiger partial charge in [0.15, 0.2) is 0 Å². The number of pyridine rings is 1. The lowest BCUT2D eigenvalue weighted by Gasteiger charge is -2.40. The van der Waals surface area contributed by atoms with Crippen molar-refractivity contribution in [3.63, 3.8) is 0 Å². The average Bonchev–Trinajstić information content (AvgIpc) is 2.44. The smallest absolute Gasteiger partial charge is 0.251 e. The lowest BCUT2D eigenvalue weighted by atomic mass is 10.1. The van der Waals surface area contributed by atoms with Crippen LogP contribution in [0.4, 0.5) is 5.82 Å². The van der Waals surface area contributed by atoms with Gasteiger partial charge < -0.3 is 10.2 Å². The molecule has 1 fully saturated rings. The lowest BCUT2D eigenvalue weighted by molar-refractivity contribution is 0.0930. The molecule has 0 saturated carbocycles. The SMILES string of the molecule is O=C(NC1CN(c2cnccn2)C1)c1ccncc1. The number of hydrogen-bond acceptors (Lipinski definition) is 5. The second-order valence-corrected chi connectivity index (χ2v) is 4.37. The highest BCUT2D eigenvalue weighted by Crippen LogP contribution is 2.16. The molecule has 0 radical (unpaired) electrons. The van der Waals surface area contributed by atoms with E-state index in [-0.39, 0.29) is 11.9 Å². The third kappa shape index (κ3) is 2.52. The second kappa shape index (κ2) is 5.01. The zero-order valence-corrected chi connectivity index (χ0v) is 10.2. The summed E-state index contributed by atoms with van der Waals surface area (Å²) >= 11 is 0. The Morgan fingerprint density at radius 1 is 1.16 bits per heavy atom. The highest BCUT2D eigenvalue weighted by molar-refractivity contribution is 5.94. The van der Waals surface area contributed by atoms with Crippen LogP contribution in [0.15, 0.2) is 43.1 Å². The third-order valence-electron chi connectivity index (χ3n) is 3.03. The topological polar surface area (TPSA) is 71.0 Å². The van der Waals surface area contributed by atoms with Crippen LogP contribution >= 0.6 is 0 Å². The van der Waals surface area contributed by atoms with Crippen LogP contribution < -0.4 is 10.2 Å². The molecule has 0 bridgehead atoms. The summed E-state index contributed by atoms with van der Waals surface area (Å²) in [5.74, 6) is 0.781. The van der Waals surface area contributed by atoms with E-state index in [4.69, 9.17) is 0 Å². The lowest BCUT2D eigenvalue weighted by Crippen LogP contribution is -2.59. The third-order valence-corrected chi connectivity index (χ3v) is 3.03. The minimum absolute atomic E-state index is 0.0637. The maximum atomic E-state index is 11.9. The molecule has 1 aliphatic heterocycles. The molecule has 0 aliphatic carbocycles. The van der Waals surface area contributed by atoms with E-state index >= 15 is 0 Å². The summed E-state index contributed by atoms with van der Waals surface area (Å²) in [7, 11) is 0. The fourth-order valence-electron chi connectivity index (χ4n) is 1.98. The van der Waals surface area contributed by atoms with E-state index in [1.807, 2.05) is 0 Å². The molecule has 1 N–H and O–H groups in total. The summed E-state index contributed by atoms with van der Waals surface area (Å²) in [4.78, 5) is 26.1. The van der Waals surface area contributed by atoms with Crippen molar-refractivity contribution in [1.29, 1.82) is 0 Å². The van der Waals surface area contributed by atoms with Crippen molar-refractivity contribution in [2.75, 3.05) is 18.0 Å². The monoisotopic (exact) mass is 255 g/mol. The predicted octanol–water partition coefficient (Wildman–Crippen LogP) is 0.490. The zero-order chi connectivity index (χ0) is 13.1. The van der Waals surface area contributed by atoms with E-state index in [2.05, 4.69) is 25.2 Å². The first-order valence-corrected chi connectivity index (χ1v) is 6.05. The molecule has 3 heterocycles. The number of hydrogen-bond donors (Lipinski definition) is 1. The predicted molar refractivity (Wildman–Crippen MR) is 69.7 cm³/mol. The van der Waals surface area contributed by atoms with E-state index in [1.165, 1.54) is 0 Å². The van der Waals surface area contributed by atoms with Crippen molar-refractivity contribution in [3.05, 3.63) is 48.7 Å². The van der Waals surface area contributed by atoms with E-state index < -0.39 is 0 Å². The zero-order valence-electron chi connectivity index (χ0n) is 10.2. The molecule has 19 heavy (non-hydrogen) atoms.